The van der Waals surface area contributed by atoms with Crippen LogP contribution < -0.4 is 0 Å². The van der Waals surface area contributed by atoms with Crippen LogP contribution in [0.5, 0.6) is 0 Å². The lowest BCUT2D eigenvalue weighted by molar-refractivity contribution is -0.0624. The van der Waals surface area contributed by atoms with Crippen molar-refractivity contribution in [1.82, 2.24) is 0 Å². The Balaban J connectivity index is 3.88. The van der Waals surface area contributed by atoms with Crippen molar-refractivity contribution in [1.29, 1.82) is 0 Å². The van der Waals surface area contributed by atoms with Crippen molar-refractivity contribution in [3.63, 3.8) is 0 Å². The van der Waals surface area contributed by atoms with E-state index in [0.717, 1.165) is 0 Å². The van der Waals surface area contributed by atoms with Gasteiger partial charge in [-0.25, -0.2) is 0 Å². The van der Waals surface area contributed by atoms with Crippen molar-refractivity contribution >= 4 is 8.38 Å². The number of rotatable bonds is 4. The number of alkyl halides is 3. The second-order valence-electron chi connectivity index (χ2n) is 1.56. The van der Waals surface area contributed by atoms with Gasteiger partial charge in [-0.15, -0.1) is 0 Å². The maximum Gasteiger partial charge on any atom is 0.458 e. The van der Waals surface area contributed by atoms with Crippen LogP contribution in [0.4, 0.5) is 13.2 Å². The molecule has 0 aromatic heterocycles. The molecule has 0 N–H and O–H groups in total. The zero-order chi connectivity index (χ0) is 8.91. The summed E-state index contributed by atoms with van der Waals surface area (Å²) in [6.45, 7) is 3.04. The molecule has 0 aliphatic rings. The highest BCUT2D eigenvalue weighted by molar-refractivity contribution is 7.48. The number of halogens is 3. The molecule has 0 saturated heterocycles. The van der Waals surface area contributed by atoms with Gasteiger partial charge in [0.05, 0.1) is 13.2 Å². The first-order valence-electron chi connectivity index (χ1n) is 3.15. The Morgan fingerprint density at radius 3 is 1.64 bits per heavy atom. The average molecular weight is 190 g/mol. The van der Waals surface area contributed by atoms with Gasteiger partial charge < -0.3 is 9.05 Å². The van der Waals surface area contributed by atoms with E-state index in [-0.39, 0.29) is 13.2 Å². The van der Waals surface area contributed by atoms with Gasteiger partial charge in [0.2, 0.25) is 0 Å². The summed E-state index contributed by atoms with van der Waals surface area (Å²) in [5, 5.41) is 0. The van der Waals surface area contributed by atoms with Crippen molar-refractivity contribution in [2.45, 2.75) is 19.8 Å². The molecule has 0 bridgehead atoms. The summed E-state index contributed by atoms with van der Waals surface area (Å²) in [5.74, 6) is -4.36. The van der Waals surface area contributed by atoms with Crippen molar-refractivity contribution < 1.29 is 22.2 Å². The van der Waals surface area contributed by atoms with E-state index in [0.29, 0.717) is 0 Å². The summed E-state index contributed by atoms with van der Waals surface area (Å²) in [6, 6.07) is 0. The molecule has 6 heteroatoms. The quantitative estimate of drug-likeness (QED) is 0.634. The van der Waals surface area contributed by atoms with Crippen LogP contribution in [0.2, 0.25) is 0 Å². The van der Waals surface area contributed by atoms with Crippen LogP contribution in [0.1, 0.15) is 13.8 Å². The first kappa shape index (κ1) is 11.1. The molecule has 68 valence electrons. The lowest BCUT2D eigenvalue weighted by Gasteiger charge is -2.17. The van der Waals surface area contributed by atoms with Gasteiger partial charge in [0, 0.05) is 0 Å². The van der Waals surface area contributed by atoms with E-state index in [4.69, 9.17) is 0 Å². The Hall–Kier alpha value is 0.140. The molecular weight excluding hydrogens is 180 g/mol. The Labute approximate surface area is 64.6 Å². The molecule has 0 aliphatic carbocycles. The molecule has 2 nitrogen and oxygen atoms in total. The smallest absolute Gasteiger partial charge is 0.328 e. The molecule has 0 amide bonds. The van der Waals surface area contributed by atoms with E-state index in [1.807, 2.05) is 0 Å². The van der Waals surface area contributed by atoms with Crippen molar-refractivity contribution in [3.8, 4) is 0 Å². The van der Waals surface area contributed by atoms with Crippen LogP contribution in [0.3, 0.4) is 0 Å². The fraction of sp³-hybridized carbons (Fsp3) is 1.00. The molecule has 0 heterocycles. The summed E-state index contributed by atoms with van der Waals surface area (Å²) in [5.41, 5.74) is 0. The fourth-order valence-electron chi connectivity index (χ4n) is 0.418. The minimum atomic E-state index is -4.36. The summed E-state index contributed by atoms with van der Waals surface area (Å²) < 4.78 is 44.3. The predicted octanol–water partition coefficient (Wildman–Crippen LogP) is 2.89. The summed E-state index contributed by atoms with van der Waals surface area (Å²) in [7, 11) is -2.70. The maximum atomic E-state index is 11.9. The standard InChI is InChI=1S/C5H10F3O2P/c1-3-9-11(10-4-2)5(6,7)8/h3-4H2,1-2H3. The monoisotopic (exact) mass is 190 g/mol. The molecular formula is C5H10F3O2P. The highest BCUT2D eigenvalue weighted by Gasteiger charge is 2.43. The number of hydrogen-bond donors (Lipinski definition) is 0. The van der Waals surface area contributed by atoms with Gasteiger partial charge in [-0.1, -0.05) is 0 Å². The third-order valence-electron chi connectivity index (χ3n) is 0.700. The predicted molar refractivity (Wildman–Crippen MR) is 36.2 cm³/mol. The van der Waals surface area contributed by atoms with Crippen molar-refractivity contribution in [2.75, 3.05) is 13.2 Å². The van der Waals surface area contributed by atoms with E-state index in [2.05, 4.69) is 9.05 Å². The lowest BCUT2D eigenvalue weighted by atomic mass is 10.9. The molecule has 0 aliphatic heterocycles. The molecule has 0 radical (unpaired) electrons. The van der Waals surface area contributed by atoms with Crippen LogP contribution >= 0.6 is 8.38 Å². The number of hydrogen-bond acceptors (Lipinski definition) is 2. The minimum absolute atomic E-state index is 0.0191. The zero-order valence-electron chi connectivity index (χ0n) is 6.31. The van der Waals surface area contributed by atoms with Gasteiger partial charge >= 0.3 is 5.92 Å². The molecule has 0 unspecified atom stereocenters. The molecule has 0 atom stereocenters. The van der Waals surface area contributed by atoms with E-state index in [1.165, 1.54) is 13.8 Å². The van der Waals surface area contributed by atoms with E-state index >= 15 is 0 Å². The van der Waals surface area contributed by atoms with Gasteiger partial charge in [-0.2, -0.15) is 13.2 Å². The van der Waals surface area contributed by atoms with Crippen LogP contribution in [-0.2, 0) is 9.05 Å². The Morgan fingerprint density at radius 1 is 1.09 bits per heavy atom. The highest BCUT2D eigenvalue weighted by Crippen LogP contribution is 2.54. The Bertz CT molecular complexity index is 100. The first-order valence-corrected chi connectivity index (χ1v) is 4.32. The third-order valence-corrected chi connectivity index (χ3v) is 2.10. The van der Waals surface area contributed by atoms with Gasteiger partial charge in [0.1, 0.15) is 0 Å². The van der Waals surface area contributed by atoms with Crippen LogP contribution in [0, 0.1) is 0 Å². The molecule has 0 fully saturated rings. The van der Waals surface area contributed by atoms with E-state index in [9.17, 15) is 13.2 Å². The topological polar surface area (TPSA) is 18.5 Å². The van der Waals surface area contributed by atoms with Gasteiger partial charge in [0.15, 0.2) is 0 Å². The van der Waals surface area contributed by atoms with E-state index < -0.39 is 14.3 Å². The SMILES string of the molecule is CCOP(OCC)C(F)(F)F. The maximum absolute atomic E-state index is 11.9. The fourth-order valence-corrected chi connectivity index (χ4v) is 1.25. The van der Waals surface area contributed by atoms with Crippen LogP contribution in [0.25, 0.3) is 0 Å². The Kier molecular flexibility index (Phi) is 4.97. The molecule has 0 saturated carbocycles. The van der Waals surface area contributed by atoms with Crippen molar-refractivity contribution in [3.05, 3.63) is 0 Å². The van der Waals surface area contributed by atoms with Crippen LogP contribution in [-0.4, -0.2) is 19.1 Å². The van der Waals surface area contributed by atoms with Gasteiger partial charge in [-0.05, 0) is 13.8 Å². The van der Waals surface area contributed by atoms with Crippen molar-refractivity contribution in [2.24, 2.45) is 0 Å². The van der Waals surface area contributed by atoms with Gasteiger partial charge in [-0.3, -0.25) is 0 Å². The lowest BCUT2D eigenvalue weighted by Crippen LogP contribution is -2.09. The normalized spacial score (nSPS) is 12.5. The summed E-state index contributed by atoms with van der Waals surface area (Å²) in [6.07, 6.45) is 0. The summed E-state index contributed by atoms with van der Waals surface area (Å²) in [4.78, 5) is 0. The molecule has 11 heavy (non-hydrogen) atoms. The molecule has 0 aromatic carbocycles. The highest BCUT2D eigenvalue weighted by atomic mass is 31.2. The van der Waals surface area contributed by atoms with E-state index in [1.54, 1.807) is 0 Å². The minimum Gasteiger partial charge on any atom is -0.328 e. The molecule has 0 aromatic rings. The largest absolute Gasteiger partial charge is 0.458 e. The first-order chi connectivity index (χ1) is 5.02. The second-order valence-corrected chi connectivity index (χ2v) is 3.10. The average Bonchev–Trinajstić information content (AvgIpc) is 1.85. The van der Waals surface area contributed by atoms with Crippen LogP contribution in [0.15, 0.2) is 0 Å². The van der Waals surface area contributed by atoms with Gasteiger partial charge in [0.25, 0.3) is 8.38 Å². The second kappa shape index (κ2) is 4.91. The molecule has 0 spiro atoms. The zero-order valence-corrected chi connectivity index (χ0v) is 7.21. The third kappa shape index (κ3) is 4.56. The molecule has 0 rings (SSSR count). The summed E-state index contributed by atoms with van der Waals surface area (Å²) >= 11 is 0. The Morgan fingerprint density at radius 2 is 1.45 bits per heavy atom.